The topological polar surface area (TPSA) is 12.0 Å². The highest BCUT2D eigenvalue weighted by atomic mass is 32.1. The van der Waals surface area contributed by atoms with E-state index in [1.165, 1.54) is 12.1 Å². The molecule has 1 unspecified atom stereocenters. The fourth-order valence-electron chi connectivity index (χ4n) is 1.78. The standard InChI is InChI=1S/C13H13F2NS/c1-16-13(8-10-3-2-6-17-10)11-7-9(14)4-5-12(11)15/h2-7,13,16H,8H2,1H3. The lowest BCUT2D eigenvalue weighted by Crippen LogP contribution is -2.19. The number of thiophene rings is 1. The van der Waals surface area contributed by atoms with Crippen LogP contribution in [0.3, 0.4) is 0 Å². The van der Waals surface area contributed by atoms with Crippen LogP contribution in [0.25, 0.3) is 0 Å². The van der Waals surface area contributed by atoms with Crippen molar-refractivity contribution in [3.05, 3.63) is 57.8 Å². The molecule has 0 bridgehead atoms. The summed E-state index contributed by atoms with van der Waals surface area (Å²) in [5.74, 6) is -0.782. The van der Waals surface area contributed by atoms with Crippen LogP contribution in [-0.2, 0) is 6.42 Å². The first kappa shape index (κ1) is 12.2. The molecule has 4 heteroatoms. The Bertz CT molecular complexity index is 482. The second-order valence-corrected chi connectivity index (χ2v) is 4.82. The first-order chi connectivity index (χ1) is 8.20. The number of halogens is 2. The minimum absolute atomic E-state index is 0.204. The third kappa shape index (κ3) is 2.90. The monoisotopic (exact) mass is 253 g/mol. The van der Waals surface area contributed by atoms with Gasteiger partial charge in [-0.25, -0.2) is 8.78 Å². The summed E-state index contributed by atoms with van der Waals surface area (Å²) < 4.78 is 26.8. The van der Waals surface area contributed by atoms with Gasteiger partial charge in [0, 0.05) is 22.9 Å². The molecule has 1 aromatic carbocycles. The summed E-state index contributed by atoms with van der Waals surface area (Å²) in [6, 6.07) is 7.30. The largest absolute Gasteiger partial charge is 0.313 e. The van der Waals surface area contributed by atoms with Gasteiger partial charge in [0.2, 0.25) is 0 Å². The van der Waals surface area contributed by atoms with Crippen molar-refractivity contribution >= 4 is 11.3 Å². The van der Waals surface area contributed by atoms with Crippen LogP contribution in [0.2, 0.25) is 0 Å². The summed E-state index contributed by atoms with van der Waals surface area (Å²) in [5.41, 5.74) is 0.376. The van der Waals surface area contributed by atoms with Crippen molar-refractivity contribution in [2.75, 3.05) is 7.05 Å². The summed E-state index contributed by atoms with van der Waals surface area (Å²) in [5, 5.41) is 5.00. The Morgan fingerprint density at radius 2 is 2.12 bits per heavy atom. The van der Waals surface area contributed by atoms with Crippen LogP contribution in [0, 0.1) is 11.6 Å². The van der Waals surface area contributed by atoms with E-state index in [4.69, 9.17) is 0 Å². The quantitative estimate of drug-likeness (QED) is 0.879. The Balaban J connectivity index is 2.25. The molecule has 0 amide bonds. The summed E-state index contributed by atoms with van der Waals surface area (Å²) >= 11 is 1.62. The molecule has 2 rings (SSSR count). The van der Waals surface area contributed by atoms with E-state index in [0.717, 1.165) is 10.9 Å². The van der Waals surface area contributed by atoms with Gasteiger partial charge >= 0.3 is 0 Å². The van der Waals surface area contributed by atoms with Gasteiger partial charge in [0.25, 0.3) is 0 Å². The zero-order valence-corrected chi connectivity index (χ0v) is 10.2. The van der Waals surface area contributed by atoms with Gasteiger partial charge in [-0.2, -0.15) is 0 Å². The fraction of sp³-hybridized carbons (Fsp3) is 0.231. The molecule has 0 saturated carbocycles. The first-order valence-electron chi connectivity index (χ1n) is 5.35. The molecule has 0 saturated heterocycles. The minimum atomic E-state index is -0.409. The van der Waals surface area contributed by atoms with Gasteiger partial charge in [-0.15, -0.1) is 11.3 Å². The summed E-state index contributed by atoms with van der Waals surface area (Å²) in [6.07, 6.45) is 0.661. The van der Waals surface area contributed by atoms with Gasteiger partial charge in [0.05, 0.1) is 0 Å². The van der Waals surface area contributed by atoms with Crippen molar-refractivity contribution < 1.29 is 8.78 Å². The summed E-state index contributed by atoms with van der Waals surface area (Å²) in [4.78, 5) is 1.15. The Labute approximate surface area is 103 Å². The maximum Gasteiger partial charge on any atom is 0.128 e. The molecule has 0 fully saturated rings. The fourth-order valence-corrected chi connectivity index (χ4v) is 2.53. The zero-order chi connectivity index (χ0) is 12.3. The molecule has 0 radical (unpaired) electrons. The van der Waals surface area contributed by atoms with Crippen molar-refractivity contribution in [3.8, 4) is 0 Å². The van der Waals surface area contributed by atoms with Gasteiger partial charge in [-0.3, -0.25) is 0 Å². The second kappa shape index (κ2) is 5.38. The van der Waals surface area contributed by atoms with Crippen LogP contribution in [0.15, 0.2) is 35.7 Å². The maximum absolute atomic E-state index is 13.6. The molecule has 2 aromatic rings. The van der Waals surface area contributed by atoms with Crippen LogP contribution < -0.4 is 5.32 Å². The third-order valence-corrected chi connectivity index (χ3v) is 3.57. The van der Waals surface area contributed by atoms with Crippen molar-refractivity contribution in [2.45, 2.75) is 12.5 Å². The number of likely N-dealkylation sites (N-methyl/N-ethyl adjacent to an activating group) is 1. The van der Waals surface area contributed by atoms with Crippen LogP contribution in [-0.4, -0.2) is 7.05 Å². The van der Waals surface area contributed by atoms with Crippen molar-refractivity contribution in [2.24, 2.45) is 0 Å². The average molecular weight is 253 g/mol. The van der Waals surface area contributed by atoms with E-state index < -0.39 is 5.82 Å². The molecule has 0 spiro atoms. The van der Waals surface area contributed by atoms with Gasteiger partial charge in [-0.05, 0) is 36.7 Å². The minimum Gasteiger partial charge on any atom is -0.313 e. The molecule has 17 heavy (non-hydrogen) atoms. The number of nitrogens with one attached hydrogen (secondary N) is 1. The molecular weight excluding hydrogens is 240 g/mol. The van der Waals surface area contributed by atoms with E-state index >= 15 is 0 Å². The molecule has 1 aromatic heterocycles. The van der Waals surface area contributed by atoms with E-state index in [2.05, 4.69) is 5.32 Å². The predicted molar refractivity (Wildman–Crippen MR) is 66.2 cm³/mol. The van der Waals surface area contributed by atoms with Crippen molar-refractivity contribution in [3.63, 3.8) is 0 Å². The molecule has 1 N–H and O–H groups in total. The Kier molecular flexibility index (Phi) is 3.86. The Morgan fingerprint density at radius 1 is 1.29 bits per heavy atom. The lowest BCUT2D eigenvalue weighted by atomic mass is 10.0. The van der Waals surface area contributed by atoms with Gasteiger partial charge in [0.1, 0.15) is 11.6 Å². The normalized spacial score (nSPS) is 12.6. The van der Waals surface area contributed by atoms with Crippen LogP contribution in [0.5, 0.6) is 0 Å². The summed E-state index contributed by atoms with van der Waals surface area (Å²) in [7, 11) is 1.75. The molecule has 90 valence electrons. The Hall–Kier alpha value is -1.26. The van der Waals surface area contributed by atoms with Crippen LogP contribution in [0.4, 0.5) is 8.78 Å². The van der Waals surface area contributed by atoms with Crippen LogP contribution in [0.1, 0.15) is 16.5 Å². The molecule has 0 aliphatic carbocycles. The van der Waals surface area contributed by atoms with E-state index in [1.54, 1.807) is 18.4 Å². The molecule has 1 atom stereocenters. The number of hydrogen-bond acceptors (Lipinski definition) is 2. The van der Waals surface area contributed by atoms with Crippen molar-refractivity contribution in [1.82, 2.24) is 5.32 Å². The highest BCUT2D eigenvalue weighted by Crippen LogP contribution is 2.23. The van der Waals surface area contributed by atoms with E-state index in [9.17, 15) is 8.78 Å². The second-order valence-electron chi connectivity index (χ2n) is 3.79. The molecule has 1 heterocycles. The van der Waals surface area contributed by atoms with Gasteiger partial charge in [-0.1, -0.05) is 6.07 Å². The van der Waals surface area contributed by atoms with E-state index in [0.29, 0.717) is 12.0 Å². The lowest BCUT2D eigenvalue weighted by molar-refractivity contribution is 0.525. The van der Waals surface area contributed by atoms with Gasteiger partial charge in [0.15, 0.2) is 0 Å². The Morgan fingerprint density at radius 3 is 2.76 bits per heavy atom. The smallest absolute Gasteiger partial charge is 0.128 e. The summed E-state index contributed by atoms with van der Waals surface area (Å²) in [6.45, 7) is 0. The molecule has 1 nitrogen and oxygen atoms in total. The first-order valence-corrected chi connectivity index (χ1v) is 6.23. The number of hydrogen-bond donors (Lipinski definition) is 1. The average Bonchev–Trinajstić information content (AvgIpc) is 2.82. The highest BCUT2D eigenvalue weighted by molar-refractivity contribution is 7.09. The van der Waals surface area contributed by atoms with Crippen molar-refractivity contribution in [1.29, 1.82) is 0 Å². The molecular formula is C13H13F2NS. The van der Waals surface area contributed by atoms with E-state index in [1.807, 2.05) is 17.5 Å². The van der Waals surface area contributed by atoms with Crippen LogP contribution >= 0.6 is 11.3 Å². The lowest BCUT2D eigenvalue weighted by Gasteiger charge is -2.16. The molecule has 0 aliphatic heterocycles. The third-order valence-electron chi connectivity index (χ3n) is 2.67. The SMILES string of the molecule is CNC(Cc1cccs1)c1cc(F)ccc1F. The molecule has 0 aliphatic rings. The maximum atomic E-state index is 13.6. The highest BCUT2D eigenvalue weighted by Gasteiger charge is 2.15. The van der Waals surface area contributed by atoms with Gasteiger partial charge < -0.3 is 5.32 Å². The zero-order valence-electron chi connectivity index (χ0n) is 9.41. The predicted octanol–water partition coefficient (Wildman–Crippen LogP) is 3.53. The number of benzene rings is 1. The number of rotatable bonds is 4. The van der Waals surface area contributed by atoms with E-state index in [-0.39, 0.29) is 11.9 Å².